The van der Waals surface area contributed by atoms with Crippen LogP contribution >= 0.6 is 23.1 Å². The van der Waals surface area contributed by atoms with Crippen molar-refractivity contribution in [3.63, 3.8) is 0 Å². The first kappa shape index (κ1) is 15.1. The molecule has 0 radical (unpaired) electrons. The van der Waals surface area contributed by atoms with Gasteiger partial charge in [-0.1, -0.05) is 18.7 Å². The number of nitriles is 1. The Morgan fingerprint density at radius 1 is 1.68 bits per heavy atom. The fourth-order valence-corrected chi connectivity index (χ4v) is 4.47. The molecular formula is C14H15N5OS2. The number of nitrogens with zero attached hydrogens (tertiary/aromatic N) is 3. The Hall–Kier alpha value is -1.85. The minimum atomic E-state index is -0.135. The molecule has 0 saturated carbocycles. The van der Waals surface area contributed by atoms with Gasteiger partial charge in [-0.2, -0.15) is 10.4 Å². The molecule has 6 nitrogen and oxygen atoms in total. The third-order valence-corrected chi connectivity index (χ3v) is 5.66. The molecule has 1 amide bonds. The van der Waals surface area contributed by atoms with E-state index < -0.39 is 0 Å². The van der Waals surface area contributed by atoms with E-state index in [2.05, 4.69) is 33.5 Å². The predicted octanol–water partition coefficient (Wildman–Crippen LogP) is 2.59. The molecular weight excluding hydrogens is 318 g/mol. The number of carbonyl (C=O) groups excluding carboxylic acids is 1. The summed E-state index contributed by atoms with van der Waals surface area (Å²) in [6.07, 6.45) is 4.44. The van der Waals surface area contributed by atoms with Crippen molar-refractivity contribution >= 4 is 34.0 Å². The van der Waals surface area contributed by atoms with Crippen LogP contribution in [0.3, 0.4) is 0 Å². The molecule has 8 heteroatoms. The SMILES string of the molecule is C[C@@H]1CCc2c(sc(NC(=O)CSc3ncn[nH]3)c2C#N)C1. The minimum absolute atomic E-state index is 0.135. The zero-order valence-electron chi connectivity index (χ0n) is 12.0. The maximum atomic E-state index is 12.1. The first-order chi connectivity index (χ1) is 10.7. The Labute approximate surface area is 136 Å². The molecule has 0 aliphatic heterocycles. The number of anilines is 1. The number of aromatic amines is 1. The number of aromatic nitrogens is 3. The topological polar surface area (TPSA) is 94.5 Å². The van der Waals surface area contributed by atoms with Gasteiger partial charge in [0, 0.05) is 4.88 Å². The summed E-state index contributed by atoms with van der Waals surface area (Å²) in [5.74, 6) is 0.742. The molecule has 3 rings (SSSR count). The predicted molar refractivity (Wildman–Crippen MR) is 86.0 cm³/mol. The number of carbonyl (C=O) groups is 1. The Kier molecular flexibility index (Phi) is 4.45. The lowest BCUT2D eigenvalue weighted by atomic mass is 9.89. The lowest BCUT2D eigenvalue weighted by molar-refractivity contribution is -0.113. The van der Waals surface area contributed by atoms with Gasteiger partial charge in [0.15, 0.2) is 5.16 Å². The highest BCUT2D eigenvalue weighted by molar-refractivity contribution is 7.99. The summed E-state index contributed by atoms with van der Waals surface area (Å²) in [5.41, 5.74) is 1.77. The highest BCUT2D eigenvalue weighted by Gasteiger charge is 2.24. The second kappa shape index (κ2) is 6.50. The fourth-order valence-electron chi connectivity index (χ4n) is 2.52. The van der Waals surface area contributed by atoms with E-state index in [4.69, 9.17) is 0 Å². The maximum absolute atomic E-state index is 12.1. The monoisotopic (exact) mass is 333 g/mol. The summed E-state index contributed by atoms with van der Waals surface area (Å²) in [5, 5.41) is 20.0. The standard InChI is InChI=1S/C14H15N5OS2/c1-8-2-3-9-10(5-15)13(22-11(9)4-8)18-12(20)6-21-14-16-7-17-19-14/h7-8H,2-4,6H2,1H3,(H,18,20)(H,16,17,19)/t8-/m1/s1. The number of hydrogen-bond donors (Lipinski definition) is 2. The van der Waals surface area contributed by atoms with Crippen LogP contribution in [0, 0.1) is 17.2 Å². The van der Waals surface area contributed by atoms with Crippen molar-refractivity contribution < 1.29 is 4.79 Å². The van der Waals surface area contributed by atoms with Gasteiger partial charge in [0.25, 0.3) is 0 Å². The summed E-state index contributed by atoms with van der Waals surface area (Å²) >= 11 is 2.83. The first-order valence-corrected chi connectivity index (χ1v) is 8.80. The van der Waals surface area contributed by atoms with Crippen molar-refractivity contribution in [2.45, 2.75) is 31.3 Å². The van der Waals surface area contributed by atoms with Gasteiger partial charge < -0.3 is 5.32 Å². The molecule has 2 N–H and O–H groups in total. The quantitative estimate of drug-likeness (QED) is 0.839. The number of amides is 1. The van der Waals surface area contributed by atoms with E-state index in [0.717, 1.165) is 24.8 Å². The number of thioether (sulfide) groups is 1. The molecule has 1 aliphatic rings. The van der Waals surface area contributed by atoms with Crippen molar-refractivity contribution in [3.8, 4) is 6.07 Å². The second-order valence-corrected chi connectivity index (χ2v) is 7.36. The number of rotatable bonds is 4. The molecule has 0 fully saturated rings. The van der Waals surface area contributed by atoms with Crippen LogP contribution in [0.1, 0.15) is 29.3 Å². The Bertz CT molecular complexity index is 716. The fraction of sp³-hybridized carbons (Fsp3) is 0.429. The molecule has 114 valence electrons. The highest BCUT2D eigenvalue weighted by atomic mass is 32.2. The van der Waals surface area contributed by atoms with Gasteiger partial charge in [-0.15, -0.1) is 11.3 Å². The third kappa shape index (κ3) is 3.15. The molecule has 2 aromatic heterocycles. The summed E-state index contributed by atoms with van der Waals surface area (Å²) < 4.78 is 0. The summed E-state index contributed by atoms with van der Waals surface area (Å²) in [6, 6.07) is 2.25. The number of nitrogens with one attached hydrogen (secondary N) is 2. The van der Waals surface area contributed by atoms with Crippen molar-refractivity contribution in [1.82, 2.24) is 15.2 Å². The van der Waals surface area contributed by atoms with E-state index in [1.54, 1.807) is 11.3 Å². The summed E-state index contributed by atoms with van der Waals surface area (Å²) in [4.78, 5) is 17.3. The second-order valence-electron chi connectivity index (χ2n) is 5.30. The van der Waals surface area contributed by atoms with Gasteiger partial charge in [0.2, 0.25) is 5.91 Å². The number of H-pyrrole nitrogens is 1. The largest absolute Gasteiger partial charge is 0.316 e. The molecule has 0 bridgehead atoms. The lowest BCUT2D eigenvalue weighted by Crippen LogP contribution is -2.14. The van der Waals surface area contributed by atoms with Gasteiger partial charge in [-0.25, -0.2) is 4.98 Å². The summed E-state index contributed by atoms with van der Waals surface area (Å²) in [6.45, 7) is 2.22. The molecule has 1 atom stereocenters. The molecule has 1 aliphatic carbocycles. The van der Waals surface area contributed by atoms with Crippen LogP contribution in [0.4, 0.5) is 5.00 Å². The van der Waals surface area contributed by atoms with E-state index in [0.29, 0.717) is 21.6 Å². The van der Waals surface area contributed by atoms with Crippen LogP contribution in [-0.4, -0.2) is 26.8 Å². The zero-order chi connectivity index (χ0) is 15.5. The maximum Gasteiger partial charge on any atom is 0.235 e. The van der Waals surface area contributed by atoms with Gasteiger partial charge in [-0.3, -0.25) is 9.89 Å². The molecule has 0 aromatic carbocycles. The molecule has 0 spiro atoms. The minimum Gasteiger partial charge on any atom is -0.316 e. The highest BCUT2D eigenvalue weighted by Crippen LogP contribution is 2.39. The third-order valence-electron chi connectivity index (χ3n) is 3.61. The van der Waals surface area contributed by atoms with Crippen molar-refractivity contribution in [3.05, 3.63) is 22.3 Å². The number of thiophene rings is 1. The zero-order valence-corrected chi connectivity index (χ0v) is 13.7. The van der Waals surface area contributed by atoms with E-state index in [1.807, 2.05) is 0 Å². The Morgan fingerprint density at radius 3 is 3.27 bits per heavy atom. The Morgan fingerprint density at radius 2 is 2.55 bits per heavy atom. The molecule has 0 unspecified atom stereocenters. The molecule has 22 heavy (non-hydrogen) atoms. The van der Waals surface area contributed by atoms with Crippen LogP contribution in [0.25, 0.3) is 0 Å². The van der Waals surface area contributed by atoms with E-state index in [-0.39, 0.29) is 11.7 Å². The number of fused-ring (bicyclic) bond motifs is 1. The van der Waals surface area contributed by atoms with Crippen LogP contribution in [-0.2, 0) is 17.6 Å². The summed E-state index contributed by atoms with van der Waals surface area (Å²) in [7, 11) is 0. The lowest BCUT2D eigenvalue weighted by Gasteiger charge is -2.17. The smallest absolute Gasteiger partial charge is 0.235 e. The first-order valence-electron chi connectivity index (χ1n) is 7.00. The van der Waals surface area contributed by atoms with Crippen molar-refractivity contribution in [1.29, 1.82) is 5.26 Å². The van der Waals surface area contributed by atoms with Crippen LogP contribution < -0.4 is 5.32 Å². The molecule has 0 saturated heterocycles. The number of hydrogen-bond acceptors (Lipinski definition) is 6. The molecule has 2 heterocycles. The van der Waals surface area contributed by atoms with Crippen molar-refractivity contribution in [2.75, 3.05) is 11.1 Å². The van der Waals surface area contributed by atoms with Crippen molar-refractivity contribution in [2.24, 2.45) is 5.92 Å². The van der Waals surface area contributed by atoms with E-state index in [1.165, 1.54) is 23.0 Å². The van der Waals surface area contributed by atoms with Gasteiger partial charge in [0.1, 0.15) is 17.4 Å². The van der Waals surface area contributed by atoms with Gasteiger partial charge >= 0.3 is 0 Å². The van der Waals surface area contributed by atoms with Gasteiger partial charge in [0.05, 0.1) is 11.3 Å². The van der Waals surface area contributed by atoms with Crippen LogP contribution in [0.5, 0.6) is 0 Å². The van der Waals surface area contributed by atoms with E-state index in [9.17, 15) is 10.1 Å². The normalized spacial score (nSPS) is 16.8. The van der Waals surface area contributed by atoms with Gasteiger partial charge in [-0.05, 0) is 30.7 Å². The van der Waals surface area contributed by atoms with Crippen LogP contribution in [0.15, 0.2) is 11.5 Å². The van der Waals surface area contributed by atoms with E-state index >= 15 is 0 Å². The Balaban J connectivity index is 1.69. The average molecular weight is 333 g/mol. The van der Waals surface area contributed by atoms with Crippen LogP contribution in [0.2, 0.25) is 0 Å². The average Bonchev–Trinajstić information content (AvgIpc) is 3.11. The molecule has 2 aromatic rings.